The molecule has 0 fully saturated rings. The quantitative estimate of drug-likeness (QED) is 0.944. The van der Waals surface area contributed by atoms with Crippen molar-refractivity contribution in [2.24, 2.45) is 0 Å². The molecular formula is C17H15NO4. The van der Waals surface area contributed by atoms with Gasteiger partial charge in [0.2, 0.25) is 0 Å². The van der Waals surface area contributed by atoms with Crippen molar-refractivity contribution in [2.75, 3.05) is 12.0 Å². The van der Waals surface area contributed by atoms with Gasteiger partial charge in [0.25, 0.3) is 5.91 Å². The molecule has 1 atom stereocenters. The summed E-state index contributed by atoms with van der Waals surface area (Å²) in [6, 6.07) is 13.1. The van der Waals surface area contributed by atoms with E-state index < -0.39 is 12.0 Å². The number of benzene rings is 2. The summed E-state index contributed by atoms with van der Waals surface area (Å²) < 4.78 is 5.12. The van der Waals surface area contributed by atoms with Gasteiger partial charge in [-0.15, -0.1) is 0 Å². The van der Waals surface area contributed by atoms with Crippen molar-refractivity contribution in [2.45, 2.75) is 12.5 Å². The van der Waals surface area contributed by atoms with Gasteiger partial charge in [0.1, 0.15) is 11.8 Å². The zero-order valence-corrected chi connectivity index (χ0v) is 12.0. The molecule has 3 rings (SSSR count). The fourth-order valence-corrected chi connectivity index (χ4v) is 2.73. The Morgan fingerprint density at radius 1 is 1.18 bits per heavy atom. The summed E-state index contributed by atoms with van der Waals surface area (Å²) >= 11 is 0. The molecule has 1 aliphatic rings. The SMILES string of the molecule is COc1cccc(C(=O)N2c3ccccc3CC2C(=O)O)c1. The fraction of sp³-hybridized carbons (Fsp3) is 0.176. The molecule has 2 aromatic rings. The number of fused-ring (bicyclic) bond motifs is 1. The van der Waals surface area contributed by atoms with Gasteiger partial charge in [-0.2, -0.15) is 0 Å². The van der Waals surface area contributed by atoms with Gasteiger partial charge < -0.3 is 9.84 Å². The number of nitrogens with zero attached hydrogens (tertiary/aromatic N) is 1. The number of carbonyl (C=O) groups excluding carboxylic acids is 1. The van der Waals surface area contributed by atoms with Crippen molar-refractivity contribution >= 4 is 17.6 Å². The van der Waals surface area contributed by atoms with Gasteiger partial charge in [-0.1, -0.05) is 24.3 Å². The van der Waals surface area contributed by atoms with Crippen LogP contribution in [0.5, 0.6) is 5.75 Å². The van der Waals surface area contributed by atoms with E-state index in [1.54, 1.807) is 36.4 Å². The lowest BCUT2D eigenvalue weighted by Gasteiger charge is -2.22. The number of hydrogen-bond donors (Lipinski definition) is 1. The van der Waals surface area contributed by atoms with E-state index in [0.29, 0.717) is 23.4 Å². The second-order valence-electron chi connectivity index (χ2n) is 5.09. The molecule has 1 heterocycles. The summed E-state index contributed by atoms with van der Waals surface area (Å²) in [5.74, 6) is -0.783. The number of methoxy groups -OCH3 is 1. The number of para-hydroxylation sites is 1. The molecule has 1 N–H and O–H groups in total. The molecule has 1 unspecified atom stereocenters. The van der Waals surface area contributed by atoms with E-state index in [-0.39, 0.29) is 5.91 Å². The van der Waals surface area contributed by atoms with Crippen molar-refractivity contribution < 1.29 is 19.4 Å². The molecule has 0 saturated carbocycles. The number of aliphatic carboxylic acids is 1. The highest BCUT2D eigenvalue weighted by Gasteiger charge is 2.38. The minimum atomic E-state index is -1.01. The van der Waals surface area contributed by atoms with Crippen LogP contribution in [-0.4, -0.2) is 30.1 Å². The number of carboxylic acid groups (broad SMARTS) is 1. The van der Waals surface area contributed by atoms with Crippen molar-refractivity contribution in [3.8, 4) is 5.75 Å². The highest BCUT2D eigenvalue weighted by molar-refractivity contribution is 6.11. The van der Waals surface area contributed by atoms with Crippen LogP contribution in [0.4, 0.5) is 5.69 Å². The lowest BCUT2D eigenvalue weighted by atomic mass is 10.1. The molecule has 0 aliphatic carbocycles. The number of amides is 1. The first-order chi connectivity index (χ1) is 10.6. The summed E-state index contributed by atoms with van der Waals surface area (Å²) in [6.45, 7) is 0. The van der Waals surface area contributed by atoms with Crippen LogP contribution in [0.2, 0.25) is 0 Å². The Labute approximate surface area is 127 Å². The number of hydrogen-bond acceptors (Lipinski definition) is 3. The van der Waals surface area contributed by atoms with Crippen LogP contribution in [-0.2, 0) is 11.2 Å². The summed E-state index contributed by atoms with van der Waals surface area (Å²) in [4.78, 5) is 25.7. The van der Waals surface area contributed by atoms with E-state index in [9.17, 15) is 14.7 Å². The normalized spacial score (nSPS) is 16.2. The van der Waals surface area contributed by atoms with Crippen LogP contribution in [0.25, 0.3) is 0 Å². The largest absolute Gasteiger partial charge is 0.497 e. The third-order valence-electron chi connectivity index (χ3n) is 3.80. The zero-order valence-electron chi connectivity index (χ0n) is 12.0. The molecule has 0 radical (unpaired) electrons. The van der Waals surface area contributed by atoms with Crippen LogP contribution < -0.4 is 9.64 Å². The van der Waals surface area contributed by atoms with Crippen LogP contribution >= 0.6 is 0 Å². The molecule has 1 amide bonds. The Balaban J connectivity index is 2.03. The van der Waals surface area contributed by atoms with Crippen molar-refractivity contribution in [3.05, 3.63) is 59.7 Å². The number of carboxylic acids is 1. The molecule has 1 aliphatic heterocycles. The van der Waals surface area contributed by atoms with E-state index in [2.05, 4.69) is 0 Å². The number of anilines is 1. The Hall–Kier alpha value is -2.82. The van der Waals surface area contributed by atoms with Crippen LogP contribution in [0.1, 0.15) is 15.9 Å². The predicted molar refractivity (Wildman–Crippen MR) is 81.4 cm³/mol. The maximum atomic E-state index is 12.8. The Morgan fingerprint density at radius 2 is 1.95 bits per heavy atom. The third-order valence-corrected chi connectivity index (χ3v) is 3.80. The molecule has 112 valence electrons. The van der Waals surface area contributed by atoms with E-state index in [1.165, 1.54) is 12.0 Å². The van der Waals surface area contributed by atoms with E-state index in [4.69, 9.17) is 4.74 Å². The molecule has 22 heavy (non-hydrogen) atoms. The smallest absolute Gasteiger partial charge is 0.327 e. The van der Waals surface area contributed by atoms with Gasteiger partial charge in [0.05, 0.1) is 7.11 Å². The number of rotatable bonds is 3. The number of ether oxygens (including phenoxy) is 1. The van der Waals surface area contributed by atoms with Gasteiger partial charge in [-0.3, -0.25) is 9.69 Å². The lowest BCUT2D eigenvalue weighted by Crippen LogP contribution is -2.42. The first-order valence-electron chi connectivity index (χ1n) is 6.90. The van der Waals surface area contributed by atoms with Crippen LogP contribution in [0.15, 0.2) is 48.5 Å². The van der Waals surface area contributed by atoms with Gasteiger partial charge in [-0.25, -0.2) is 4.79 Å². The summed E-state index contributed by atoms with van der Waals surface area (Å²) in [5, 5.41) is 9.43. The van der Waals surface area contributed by atoms with Crippen LogP contribution in [0.3, 0.4) is 0 Å². The Kier molecular flexibility index (Phi) is 3.55. The first kappa shape index (κ1) is 14.1. The Bertz CT molecular complexity index is 741. The molecule has 5 heteroatoms. The van der Waals surface area contributed by atoms with Gasteiger partial charge >= 0.3 is 5.97 Å². The summed E-state index contributed by atoms with van der Waals surface area (Å²) in [5.41, 5.74) is 1.93. The predicted octanol–water partition coefficient (Wildman–Crippen LogP) is 2.35. The number of carbonyl (C=O) groups is 2. The average Bonchev–Trinajstić information content (AvgIpc) is 2.94. The third kappa shape index (κ3) is 2.30. The molecule has 5 nitrogen and oxygen atoms in total. The highest BCUT2D eigenvalue weighted by atomic mass is 16.5. The molecule has 0 aromatic heterocycles. The molecule has 0 saturated heterocycles. The Morgan fingerprint density at radius 3 is 2.68 bits per heavy atom. The lowest BCUT2D eigenvalue weighted by molar-refractivity contribution is -0.138. The molecule has 0 spiro atoms. The minimum Gasteiger partial charge on any atom is -0.497 e. The fourth-order valence-electron chi connectivity index (χ4n) is 2.73. The van der Waals surface area contributed by atoms with Gasteiger partial charge in [0.15, 0.2) is 0 Å². The standard InChI is InChI=1S/C17H15NO4/c1-22-13-7-4-6-12(9-13)16(19)18-14-8-3-2-5-11(14)10-15(18)17(20)21/h2-9,15H,10H2,1H3,(H,20,21). The van der Waals surface area contributed by atoms with Crippen LogP contribution in [0, 0.1) is 0 Å². The monoisotopic (exact) mass is 297 g/mol. The molecular weight excluding hydrogens is 282 g/mol. The summed E-state index contributed by atoms with van der Waals surface area (Å²) in [7, 11) is 1.52. The van der Waals surface area contributed by atoms with Gasteiger partial charge in [0, 0.05) is 17.7 Å². The van der Waals surface area contributed by atoms with Crippen molar-refractivity contribution in [3.63, 3.8) is 0 Å². The highest BCUT2D eigenvalue weighted by Crippen LogP contribution is 2.33. The average molecular weight is 297 g/mol. The van der Waals surface area contributed by atoms with Gasteiger partial charge in [-0.05, 0) is 29.8 Å². The summed E-state index contributed by atoms with van der Waals surface area (Å²) in [6.07, 6.45) is 0.321. The second-order valence-corrected chi connectivity index (χ2v) is 5.09. The maximum Gasteiger partial charge on any atom is 0.327 e. The van der Waals surface area contributed by atoms with E-state index in [0.717, 1.165) is 5.56 Å². The first-order valence-corrected chi connectivity index (χ1v) is 6.90. The van der Waals surface area contributed by atoms with E-state index >= 15 is 0 Å². The van der Waals surface area contributed by atoms with Crippen molar-refractivity contribution in [1.29, 1.82) is 0 Å². The second kappa shape index (κ2) is 5.52. The maximum absolute atomic E-state index is 12.8. The molecule has 2 aromatic carbocycles. The molecule has 0 bridgehead atoms. The zero-order chi connectivity index (χ0) is 15.7. The van der Waals surface area contributed by atoms with Crippen molar-refractivity contribution in [1.82, 2.24) is 0 Å². The topological polar surface area (TPSA) is 66.8 Å². The van der Waals surface area contributed by atoms with E-state index in [1.807, 2.05) is 12.1 Å². The minimum absolute atomic E-state index is 0.321.